The highest BCUT2D eigenvalue weighted by Crippen LogP contribution is 2.17. The summed E-state index contributed by atoms with van der Waals surface area (Å²) in [5.74, 6) is 0.601. The van der Waals surface area contributed by atoms with Crippen molar-refractivity contribution < 1.29 is 9.13 Å². The second kappa shape index (κ2) is 6.42. The Hall–Kier alpha value is -2.02. The van der Waals surface area contributed by atoms with Gasteiger partial charge in [-0.25, -0.2) is 14.1 Å². The Labute approximate surface area is 121 Å². The van der Waals surface area contributed by atoms with Crippen molar-refractivity contribution in [1.29, 1.82) is 0 Å². The Bertz CT molecular complexity index is 614. The maximum atomic E-state index is 13.7. The number of aromatic nitrogens is 3. The summed E-state index contributed by atoms with van der Waals surface area (Å²) in [6.07, 6.45) is 2.43. The Morgan fingerprint density at radius 1 is 1.50 bits per heavy atom. The van der Waals surface area contributed by atoms with Gasteiger partial charge in [-0.3, -0.25) is 0 Å². The molecule has 0 amide bonds. The Morgan fingerprint density at radius 3 is 2.95 bits per heavy atom. The summed E-state index contributed by atoms with van der Waals surface area (Å²) in [7, 11) is 0. The Morgan fingerprint density at radius 2 is 2.30 bits per heavy atom. The fraction of sp³-hybridized carbons (Fsp3) is 0.308. The zero-order valence-electron chi connectivity index (χ0n) is 11.0. The number of nitrogens with zero attached hydrogens (tertiary/aromatic N) is 3. The van der Waals surface area contributed by atoms with Crippen molar-refractivity contribution in [3.8, 4) is 5.75 Å². The van der Waals surface area contributed by atoms with E-state index >= 15 is 0 Å². The number of benzene rings is 1. The third-order valence-corrected chi connectivity index (χ3v) is 2.92. The lowest BCUT2D eigenvalue weighted by Crippen LogP contribution is -2.12. The minimum atomic E-state index is -0.495. The van der Waals surface area contributed by atoms with Gasteiger partial charge in [-0.15, -0.1) is 0 Å². The van der Waals surface area contributed by atoms with E-state index in [1.807, 2.05) is 0 Å². The highest BCUT2D eigenvalue weighted by atomic mass is 32.1. The van der Waals surface area contributed by atoms with Crippen LogP contribution in [0, 0.1) is 5.82 Å². The normalized spacial score (nSPS) is 10.5. The van der Waals surface area contributed by atoms with Gasteiger partial charge in [0.25, 0.3) is 0 Å². The van der Waals surface area contributed by atoms with Crippen molar-refractivity contribution in [2.45, 2.75) is 26.5 Å². The maximum Gasteiger partial charge on any atom is 0.164 e. The summed E-state index contributed by atoms with van der Waals surface area (Å²) in [5, 5.41) is 4.09. The quantitative estimate of drug-likeness (QED) is 0.826. The van der Waals surface area contributed by atoms with E-state index in [9.17, 15) is 4.39 Å². The lowest BCUT2D eigenvalue weighted by atomic mass is 10.2. The molecule has 5 nitrogen and oxygen atoms in total. The summed E-state index contributed by atoms with van der Waals surface area (Å²) in [5.41, 5.74) is 5.61. The summed E-state index contributed by atoms with van der Waals surface area (Å²) in [6, 6.07) is 4.39. The lowest BCUT2D eigenvalue weighted by molar-refractivity contribution is 0.285. The van der Waals surface area contributed by atoms with E-state index in [0.29, 0.717) is 11.6 Å². The molecule has 2 aromatic rings. The van der Waals surface area contributed by atoms with Crippen molar-refractivity contribution in [3.63, 3.8) is 0 Å². The minimum Gasteiger partial charge on any atom is -0.486 e. The number of aryl methyl sites for hydroxylation is 1. The molecule has 0 spiro atoms. The van der Waals surface area contributed by atoms with Crippen molar-refractivity contribution >= 4 is 17.2 Å². The van der Waals surface area contributed by atoms with Gasteiger partial charge in [-0.05, 0) is 18.6 Å². The molecule has 0 bridgehead atoms. The monoisotopic (exact) mass is 294 g/mol. The molecule has 2 N–H and O–H groups in total. The third kappa shape index (κ3) is 3.30. The van der Waals surface area contributed by atoms with E-state index in [1.165, 1.54) is 18.5 Å². The second-order valence-corrected chi connectivity index (χ2v) is 4.63. The first-order valence-corrected chi connectivity index (χ1v) is 6.61. The van der Waals surface area contributed by atoms with Gasteiger partial charge in [0.05, 0.1) is 0 Å². The first-order valence-electron chi connectivity index (χ1n) is 6.20. The topological polar surface area (TPSA) is 66.0 Å². The van der Waals surface area contributed by atoms with Crippen LogP contribution in [0.15, 0.2) is 24.5 Å². The van der Waals surface area contributed by atoms with Crippen LogP contribution in [0.25, 0.3) is 0 Å². The number of nitrogens with two attached hydrogens (primary N) is 1. The maximum absolute atomic E-state index is 13.7. The largest absolute Gasteiger partial charge is 0.486 e. The first-order chi connectivity index (χ1) is 9.61. The van der Waals surface area contributed by atoms with E-state index in [4.69, 9.17) is 22.7 Å². The first kappa shape index (κ1) is 14.4. The van der Waals surface area contributed by atoms with Gasteiger partial charge in [0.1, 0.15) is 29.5 Å². The molecule has 106 valence electrons. The smallest absolute Gasteiger partial charge is 0.164 e. The summed E-state index contributed by atoms with van der Waals surface area (Å²) >= 11 is 4.74. The van der Waals surface area contributed by atoms with Gasteiger partial charge in [0, 0.05) is 18.2 Å². The molecule has 1 aromatic heterocycles. The number of thiocarbonyl (C=S) groups is 1. The van der Waals surface area contributed by atoms with Crippen molar-refractivity contribution in [2.24, 2.45) is 5.73 Å². The molecular weight excluding hydrogens is 279 g/mol. The Kier molecular flexibility index (Phi) is 4.62. The van der Waals surface area contributed by atoms with Crippen LogP contribution in [-0.2, 0) is 13.2 Å². The summed E-state index contributed by atoms with van der Waals surface area (Å²) < 4.78 is 21.0. The number of hydrogen-bond acceptors (Lipinski definition) is 4. The molecule has 0 aliphatic carbocycles. The fourth-order valence-electron chi connectivity index (χ4n) is 1.73. The molecule has 0 aliphatic heterocycles. The van der Waals surface area contributed by atoms with Crippen molar-refractivity contribution in [1.82, 2.24) is 14.8 Å². The lowest BCUT2D eigenvalue weighted by Gasteiger charge is -2.08. The summed E-state index contributed by atoms with van der Waals surface area (Å²) in [6.45, 7) is 3.05. The SMILES string of the molecule is CCCn1ncnc1COc1ccc(C(N)=S)c(F)c1. The second-order valence-electron chi connectivity index (χ2n) is 4.19. The van der Waals surface area contributed by atoms with Crippen molar-refractivity contribution in [3.05, 3.63) is 41.7 Å². The molecule has 7 heteroatoms. The van der Waals surface area contributed by atoms with Crippen LogP contribution in [0.4, 0.5) is 4.39 Å². The summed E-state index contributed by atoms with van der Waals surface area (Å²) in [4.78, 5) is 4.14. The van der Waals surface area contributed by atoms with Crippen molar-refractivity contribution in [2.75, 3.05) is 0 Å². The van der Waals surface area contributed by atoms with Crippen LogP contribution >= 0.6 is 12.2 Å². The van der Waals surface area contributed by atoms with E-state index in [-0.39, 0.29) is 17.2 Å². The molecule has 0 saturated heterocycles. The number of ether oxygens (including phenoxy) is 1. The van der Waals surface area contributed by atoms with Crippen LogP contribution in [0.3, 0.4) is 0 Å². The van der Waals surface area contributed by atoms with E-state index < -0.39 is 5.82 Å². The predicted molar refractivity (Wildman–Crippen MR) is 76.9 cm³/mol. The minimum absolute atomic E-state index is 0.0248. The van der Waals surface area contributed by atoms with Crippen LogP contribution < -0.4 is 10.5 Å². The van der Waals surface area contributed by atoms with Gasteiger partial charge in [-0.2, -0.15) is 5.10 Å². The molecule has 0 unspecified atom stereocenters. The fourth-order valence-corrected chi connectivity index (χ4v) is 1.90. The highest BCUT2D eigenvalue weighted by Gasteiger charge is 2.08. The highest BCUT2D eigenvalue weighted by molar-refractivity contribution is 7.80. The van der Waals surface area contributed by atoms with E-state index in [2.05, 4.69) is 17.0 Å². The van der Waals surface area contributed by atoms with Gasteiger partial charge in [-0.1, -0.05) is 19.1 Å². The average molecular weight is 294 g/mol. The zero-order valence-corrected chi connectivity index (χ0v) is 11.9. The van der Waals surface area contributed by atoms with Crippen LogP contribution in [-0.4, -0.2) is 19.8 Å². The molecule has 1 heterocycles. The van der Waals surface area contributed by atoms with Gasteiger partial charge < -0.3 is 10.5 Å². The third-order valence-electron chi connectivity index (χ3n) is 2.71. The van der Waals surface area contributed by atoms with Crippen LogP contribution in [0.1, 0.15) is 24.7 Å². The van der Waals surface area contributed by atoms with Gasteiger partial charge in [0.2, 0.25) is 0 Å². The average Bonchev–Trinajstić information content (AvgIpc) is 2.84. The number of hydrogen-bond donors (Lipinski definition) is 1. The standard InChI is InChI=1S/C13H15FN4OS/c1-2-5-18-12(16-8-17-18)7-19-9-3-4-10(13(15)20)11(14)6-9/h3-4,6,8H,2,5,7H2,1H3,(H2,15,20). The molecule has 20 heavy (non-hydrogen) atoms. The van der Waals surface area contributed by atoms with Crippen LogP contribution in [0.2, 0.25) is 0 Å². The van der Waals surface area contributed by atoms with Gasteiger partial charge in [0.15, 0.2) is 5.82 Å². The molecule has 0 radical (unpaired) electrons. The molecule has 1 aromatic carbocycles. The molecule has 0 atom stereocenters. The van der Waals surface area contributed by atoms with Gasteiger partial charge >= 0.3 is 0 Å². The molecular formula is C13H15FN4OS. The number of rotatable bonds is 6. The predicted octanol–water partition coefficient (Wildman–Crippen LogP) is 2.04. The Balaban J connectivity index is 2.05. The van der Waals surface area contributed by atoms with Crippen LogP contribution in [0.5, 0.6) is 5.75 Å². The zero-order chi connectivity index (χ0) is 14.5. The molecule has 2 rings (SSSR count). The molecule has 0 fully saturated rings. The molecule has 0 aliphatic rings. The van der Waals surface area contributed by atoms with E-state index in [1.54, 1.807) is 10.7 Å². The van der Waals surface area contributed by atoms with E-state index in [0.717, 1.165) is 13.0 Å². The molecule has 0 saturated carbocycles. The number of halogens is 1.